The Hall–Kier alpha value is -1.10. The van der Waals surface area contributed by atoms with Gasteiger partial charge in [0.2, 0.25) is 0 Å². The minimum atomic E-state index is 0.628. The Kier molecular flexibility index (Phi) is 3.51. The molecule has 0 rings (SSSR count). The van der Waals surface area contributed by atoms with Crippen LogP contribution in [-0.4, -0.2) is 6.21 Å². The molecule has 8 heavy (non-hydrogen) atoms. The van der Waals surface area contributed by atoms with Crippen LogP contribution in [0.3, 0.4) is 0 Å². The molecule has 0 amide bonds. The molecule has 42 valence electrons. The minimum absolute atomic E-state index is 0.628. The lowest BCUT2D eigenvalue weighted by Gasteiger charge is -1.75. The van der Waals surface area contributed by atoms with Crippen molar-refractivity contribution in [3.63, 3.8) is 0 Å². The first-order chi connectivity index (χ1) is 3.81. The normalized spacial score (nSPS) is 11.9. The lowest BCUT2D eigenvalue weighted by Crippen LogP contribution is -1.63. The molecule has 0 aliphatic carbocycles. The van der Waals surface area contributed by atoms with Crippen LogP contribution in [0.5, 0.6) is 0 Å². The lowest BCUT2D eigenvalue weighted by atomic mass is 10.4. The highest BCUT2D eigenvalue weighted by atomic mass is 14.7. The van der Waals surface area contributed by atoms with E-state index >= 15 is 0 Å². The van der Waals surface area contributed by atoms with Crippen molar-refractivity contribution in [2.24, 2.45) is 4.99 Å². The topological polar surface area (TPSA) is 36.1 Å². The van der Waals surface area contributed by atoms with E-state index in [-0.39, 0.29) is 0 Å². The Morgan fingerprint density at radius 1 is 1.75 bits per heavy atom. The molecular formula is C6H8N2. The van der Waals surface area contributed by atoms with Gasteiger partial charge in [0, 0.05) is 18.0 Å². The van der Waals surface area contributed by atoms with Gasteiger partial charge in [0.05, 0.1) is 6.07 Å². The third kappa shape index (κ3) is 3.10. The molecule has 0 aromatic heterocycles. The number of hydrogen-bond donors (Lipinski definition) is 0. The van der Waals surface area contributed by atoms with Gasteiger partial charge in [-0.25, -0.2) is 0 Å². The fourth-order valence-corrected chi connectivity index (χ4v) is 0.215. The first kappa shape index (κ1) is 6.90. The van der Waals surface area contributed by atoms with Crippen molar-refractivity contribution in [2.75, 3.05) is 0 Å². The van der Waals surface area contributed by atoms with Crippen LogP contribution in [0, 0.1) is 11.3 Å². The van der Waals surface area contributed by atoms with Crippen molar-refractivity contribution in [2.45, 2.75) is 13.8 Å². The second kappa shape index (κ2) is 4.07. The van der Waals surface area contributed by atoms with E-state index < -0.39 is 0 Å². The van der Waals surface area contributed by atoms with Crippen LogP contribution in [0.2, 0.25) is 0 Å². The number of allylic oxidation sites excluding steroid dienone is 1. The van der Waals surface area contributed by atoms with Crippen molar-refractivity contribution < 1.29 is 0 Å². The zero-order chi connectivity index (χ0) is 6.41. The summed E-state index contributed by atoms with van der Waals surface area (Å²) in [6, 6.07) is 1.95. The van der Waals surface area contributed by atoms with Crippen molar-refractivity contribution in [3.8, 4) is 6.07 Å². The van der Waals surface area contributed by atoms with Crippen molar-refractivity contribution in [3.05, 3.63) is 11.8 Å². The Morgan fingerprint density at radius 2 is 2.38 bits per heavy atom. The van der Waals surface area contributed by atoms with Gasteiger partial charge in [-0.2, -0.15) is 5.26 Å². The minimum Gasteiger partial charge on any atom is -0.268 e. The molecule has 2 nitrogen and oxygen atoms in total. The van der Waals surface area contributed by atoms with E-state index in [1.54, 1.807) is 20.1 Å². The third-order valence-corrected chi connectivity index (χ3v) is 0.594. The largest absolute Gasteiger partial charge is 0.268 e. The zero-order valence-electron chi connectivity index (χ0n) is 5.05. The molecule has 0 bridgehead atoms. The SMILES string of the molecule is CC=N/C=C(\C)C#N. The number of hydrogen-bond acceptors (Lipinski definition) is 2. The predicted molar refractivity (Wildman–Crippen MR) is 33.5 cm³/mol. The maximum absolute atomic E-state index is 8.17. The molecule has 0 heterocycles. The number of nitriles is 1. The fourth-order valence-electron chi connectivity index (χ4n) is 0.215. The van der Waals surface area contributed by atoms with E-state index in [1.807, 2.05) is 6.07 Å². The first-order valence-electron chi connectivity index (χ1n) is 2.36. The molecule has 0 N–H and O–H groups in total. The molecule has 0 unspecified atom stereocenters. The van der Waals surface area contributed by atoms with Crippen LogP contribution in [-0.2, 0) is 0 Å². The molecule has 0 spiro atoms. The summed E-state index contributed by atoms with van der Waals surface area (Å²) >= 11 is 0. The molecular weight excluding hydrogens is 100 g/mol. The fraction of sp³-hybridized carbons (Fsp3) is 0.333. The maximum atomic E-state index is 8.17. The second-order valence-electron chi connectivity index (χ2n) is 1.33. The number of rotatable bonds is 1. The second-order valence-corrected chi connectivity index (χ2v) is 1.33. The standard InChI is InChI=1S/C6H8N2/c1-3-8-5-6(2)4-7/h3,5H,1-2H3/b6-5+,8-3?. The average molecular weight is 108 g/mol. The van der Waals surface area contributed by atoms with Crippen LogP contribution in [0.1, 0.15) is 13.8 Å². The molecule has 0 fully saturated rings. The highest BCUT2D eigenvalue weighted by Crippen LogP contribution is 1.86. The maximum Gasteiger partial charge on any atom is 0.0960 e. The van der Waals surface area contributed by atoms with E-state index in [2.05, 4.69) is 4.99 Å². The van der Waals surface area contributed by atoms with Gasteiger partial charge in [-0.05, 0) is 13.8 Å². The van der Waals surface area contributed by atoms with E-state index in [0.29, 0.717) is 5.57 Å². The van der Waals surface area contributed by atoms with Crippen LogP contribution in [0.4, 0.5) is 0 Å². The van der Waals surface area contributed by atoms with Crippen LogP contribution in [0.25, 0.3) is 0 Å². The van der Waals surface area contributed by atoms with Gasteiger partial charge in [-0.1, -0.05) is 0 Å². The van der Waals surface area contributed by atoms with Crippen LogP contribution in [0.15, 0.2) is 16.8 Å². The molecule has 0 saturated carbocycles. The van der Waals surface area contributed by atoms with E-state index in [9.17, 15) is 0 Å². The van der Waals surface area contributed by atoms with Gasteiger partial charge in [0.15, 0.2) is 0 Å². The molecule has 0 aromatic carbocycles. The van der Waals surface area contributed by atoms with Crippen molar-refractivity contribution in [1.29, 1.82) is 5.26 Å². The molecule has 2 heteroatoms. The highest BCUT2D eigenvalue weighted by Gasteiger charge is 1.75. The molecule has 0 aliphatic heterocycles. The summed E-state index contributed by atoms with van der Waals surface area (Å²) in [6.07, 6.45) is 3.17. The van der Waals surface area contributed by atoms with Gasteiger partial charge < -0.3 is 0 Å². The van der Waals surface area contributed by atoms with E-state index in [1.165, 1.54) is 6.20 Å². The summed E-state index contributed by atoms with van der Waals surface area (Å²) in [5.74, 6) is 0. The third-order valence-electron chi connectivity index (χ3n) is 0.594. The quantitative estimate of drug-likeness (QED) is 0.370. The summed E-state index contributed by atoms with van der Waals surface area (Å²) < 4.78 is 0. The summed E-state index contributed by atoms with van der Waals surface area (Å²) in [5, 5.41) is 8.17. The van der Waals surface area contributed by atoms with Crippen molar-refractivity contribution in [1.82, 2.24) is 0 Å². The van der Waals surface area contributed by atoms with Crippen LogP contribution < -0.4 is 0 Å². The predicted octanol–water partition coefficient (Wildman–Crippen LogP) is 1.50. The Balaban J connectivity index is 3.81. The van der Waals surface area contributed by atoms with Crippen molar-refractivity contribution >= 4 is 6.21 Å². The highest BCUT2D eigenvalue weighted by molar-refractivity contribution is 5.54. The van der Waals surface area contributed by atoms with E-state index in [0.717, 1.165) is 0 Å². The first-order valence-corrected chi connectivity index (χ1v) is 2.36. The molecule has 0 radical (unpaired) electrons. The van der Waals surface area contributed by atoms with Gasteiger partial charge in [0.1, 0.15) is 0 Å². The number of nitrogens with zero attached hydrogens (tertiary/aromatic N) is 2. The molecule has 0 saturated heterocycles. The lowest BCUT2D eigenvalue weighted by molar-refractivity contribution is 1.40. The van der Waals surface area contributed by atoms with Crippen LogP contribution >= 0.6 is 0 Å². The van der Waals surface area contributed by atoms with Gasteiger partial charge in [-0.3, -0.25) is 4.99 Å². The summed E-state index contributed by atoms with van der Waals surface area (Å²) in [6.45, 7) is 3.52. The summed E-state index contributed by atoms with van der Waals surface area (Å²) in [5.41, 5.74) is 0.628. The summed E-state index contributed by atoms with van der Waals surface area (Å²) in [4.78, 5) is 3.73. The van der Waals surface area contributed by atoms with E-state index in [4.69, 9.17) is 5.26 Å². The average Bonchev–Trinajstić information content (AvgIpc) is 1.83. The molecule has 0 aromatic rings. The van der Waals surface area contributed by atoms with Gasteiger partial charge in [-0.15, -0.1) is 0 Å². The van der Waals surface area contributed by atoms with Gasteiger partial charge >= 0.3 is 0 Å². The summed E-state index contributed by atoms with van der Waals surface area (Å²) in [7, 11) is 0. The zero-order valence-corrected chi connectivity index (χ0v) is 5.05. The Labute approximate surface area is 49.2 Å². The molecule has 0 atom stereocenters. The Bertz CT molecular complexity index is 148. The molecule has 0 aliphatic rings. The Morgan fingerprint density at radius 3 is 2.75 bits per heavy atom. The monoisotopic (exact) mass is 108 g/mol. The smallest absolute Gasteiger partial charge is 0.0960 e. The van der Waals surface area contributed by atoms with Gasteiger partial charge in [0.25, 0.3) is 0 Å². The number of aliphatic imine (C=N–C) groups is 1.